The van der Waals surface area contributed by atoms with Crippen molar-refractivity contribution in [3.8, 4) is 22.9 Å². The van der Waals surface area contributed by atoms with E-state index in [9.17, 15) is 14.7 Å². The van der Waals surface area contributed by atoms with E-state index in [1.54, 1.807) is 30.0 Å². The molecule has 0 saturated heterocycles. The highest BCUT2D eigenvalue weighted by atomic mass is 16.7. The summed E-state index contributed by atoms with van der Waals surface area (Å²) in [4.78, 5) is 35.1. The third-order valence-corrected chi connectivity index (χ3v) is 7.33. The Hall–Kier alpha value is -4.31. The molecule has 0 aliphatic carbocycles. The summed E-state index contributed by atoms with van der Waals surface area (Å²) in [5, 5.41) is 12.0. The number of nitrogens with zero attached hydrogens (tertiary/aromatic N) is 4. The number of ether oxygens (including phenoxy) is 3. The fourth-order valence-electron chi connectivity index (χ4n) is 5.37. The van der Waals surface area contributed by atoms with Crippen LogP contribution in [-0.2, 0) is 34.8 Å². The molecule has 3 aliphatic rings. The number of carbonyl (C=O) groups excluding carboxylic acids is 1. The number of aromatic nitrogens is 4. The monoisotopic (exact) mass is 485 g/mol. The Bertz CT molecular complexity index is 1670. The summed E-state index contributed by atoms with van der Waals surface area (Å²) in [6, 6.07) is 5.50. The van der Waals surface area contributed by atoms with Crippen molar-refractivity contribution in [3.63, 3.8) is 0 Å². The van der Waals surface area contributed by atoms with Crippen molar-refractivity contribution in [2.45, 2.75) is 38.6 Å². The van der Waals surface area contributed by atoms with Gasteiger partial charge in [0.25, 0.3) is 5.56 Å². The average Bonchev–Trinajstić information content (AvgIpc) is 3.50. The minimum Gasteiger partial charge on any atom is -0.458 e. The number of aliphatic hydroxyl groups is 1. The molecule has 0 saturated carbocycles. The first-order valence-corrected chi connectivity index (χ1v) is 11.7. The van der Waals surface area contributed by atoms with Gasteiger partial charge in [-0.2, -0.15) is 4.57 Å². The lowest BCUT2D eigenvalue weighted by atomic mass is 9.86. The first-order chi connectivity index (χ1) is 17.5. The molecule has 3 aliphatic heterocycles. The Morgan fingerprint density at radius 3 is 2.64 bits per heavy atom. The summed E-state index contributed by atoms with van der Waals surface area (Å²) >= 11 is 0. The van der Waals surface area contributed by atoms with Gasteiger partial charge in [-0.05, 0) is 18.6 Å². The van der Waals surface area contributed by atoms with Crippen LogP contribution in [0.4, 0.5) is 0 Å². The van der Waals surface area contributed by atoms with Gasteiger partial charge in [0.2, 0.25) is 6.79 Å². The van der Waals surface area contributed by atoms with E-state index >= 15 is 0 Å². The highest BCUT2D eigenvalue weighted by Gasteiger charge is 2.45. The van der Waals surface area contributed by atoms with Crippen molar-refractivity contribution in [1.82, 2.24) is 14.5 Å². The Morgan fingerprint density at radius 2 is 1.86 bits per heavy atom. The van der Waals surface area contributed by atoms with Crippen LogP contribution in [0.1, 0.15) is 35.6 Å². The van der Waals surface area contributed by atoms with E-state index in [1.807, 2.05) is 29.1 Å². The Morgan fingerprint density at radius 1 is 1.08 bits per heavy atom. The number of hydrogen-bond donors (Lipinski definition) is 1. The molecule has 10 nitrogen and oxygen atoms in total. The van der Waals surface area contributed by atoms with E-state index in [4.69, 9.17) is 19.2 Å². The molecule has 4 aromatic rings. The van der Waals surface area contributed by atoms with Gasteiger partial charge in [-0.3, -0.25) is 9.78 Å². The number of esters is 1. The average molecular weight is 485 g/mol. The number of pyridine rings is 2. The third kappa shape index (κ3) is 2.78. The SMILES string of the molecule is CC[C@@]1(O)C(=O)OCc2c1cc1n(c2=O)Cc2c-1nc1cc3c(cc1c2C[n+]1ccncc1)OCO3. The zero-order chi connectivity index (χ0) is 24.6. The van der Waals surface area contributed by atoms with Crippen molar-refractivity contribution in [2.75, 3.05) is 6.79 Å². The minimum atomic E-state index is -1.87. The topological polar surface area (TPSA) is 117 Å². The van der Waals surface area contributed by atoms with E-state index in [0.717, 1.165) is 16.5 Å². The van der Waals surface area contributed by atoms with Gasteiger partial charge in [0.05, 0.1) is 41.4 Å². The van der Waals surface area contributed by atoms with Crippen LogP contribution in [0.5, 0.6) is 11.5 Å². The van der Waals surface area contributed by atoms with Gasteiger partial charge in [-0.25, -0.2) is 9.78 Å². The van der Waals surface area contributed by atoms with Gasteiger partial charge >= 0.3 is 5.97 Å². The third-order valence-electron chi connectivity index (χ3n) is 7.33. The largest absolute Gasteiger partial charge is 0.458 e. The van der Waals surface area contributed by atoms with Crippen molar-refractivity contribution in [3.05, 3.63) is 75.6 Å². The molecule has 180 valence electrons. The first kappa shape index (κ1) is 21.0. The lowest BCUT2D eigenvalue weighted by molar-refractivity contribution is -0.688. The molecular weight excluding hydrogens is 464 g/mol. The van der Waals surface area contributed by atoms with E-state index in [-0.39, 0.29) is 25.4 Å². The number of fused-ring (bicyclic) bond motifs is 6. The van der Waals surface area contributed by atoms with Crippen LogP contribution in [0.3, 0.4) is 0 Å². The van der Waals surface area contributed by atoms with Crippen LogP contribution in [0.15, 0.2) is 47.8 Å². The fraction of sp³-hybridized carbons (Fsp3) is 0.269. The lowest BCUT2D eigenvalue weighted by Gasteiger charge is -2.31. The van der Waals surface area contributed by atoms with Gasteiger partial charge in [0.1, 0.15) is 6.61 Å². The molecule has 36 heavy (non-hydrogen) atoms. The number of carbonyl (C=O) groups is 1. The Kier molecular flexibility index (Phi) is 4.29. The van der Waals surface area contributed by atoms with Crippen LogP contribution in [0, 0.1) is 0 Å². The normalized spacial score (nSPS) is 19.1. The van der Waals surface area contributed by atoms with Crippen molar-refractivity contribution in [2.24, 2.45) is 0 Å². The van der Waals surface area contributed by atoms with Crippen LogP contribution >= 0.6 is 0 Å². The van der Waals surface area contributed by atoms with Crippen LogP contribution in [0.25, 0.3) is 22.3 Å². The van der Waals surface area contributed by atoms with Crippen LogP contribution in [0.2, 0.25) is 0 Å². The summed E-state index contributed by atoms with van der Waals surface area (Å²) in [7, 11) is 0. The maximum absolute atomic E-state index is 13.6. The van der Waals surface area contributed by atoms with E-state index in [0.29, 0.717) is 52.6 Å². The summed E-state index contributed by atoms with van der Waals surface area (Å²) < 4.78 is 20.0. The smallest absolute Gasteiger partial charge is 0.343 e. The van der Waals surface area contributed by atoms with Gasteiger partial charge < -0.3 is 23.9 Å². The predicted octanol–water partition coefficient (Wildman–Crippen LogP) is 1.54. The first-order valence-electron chi connectivity index (χ1n) is 11.7. The zero-order valence-electron chi connectivity index (χ0n) is 19.4. The molecule has 7 rings (SSSR count). The molecule has 1 atom stereocenters. The zero-order valence-corrected chi connectivity index (χ0v) is 19.4. The molecule has 10 heteroatoms. The number of benzene rings is 1. The molecule has 1 N–H and O–H groups in total. The minimum absolute atomic E-state index is 0.0904. The number of hydrogen-bond acceptors (Lipinski definition) is 8. The Labute approximate surface area is 204 Å². The quantitative estimate of drug-likeness (QED) is 0.302. The predicted molar refractivity (Wildman–Crippen MR) is 124 cm³/mol. The maximum Gasteiger partial charge on any atom is 0.343 e. The lowest BCUT2D eigenvalue weighted by Crippen LogP contribution is -2.44. The molecule has 1 aromatic carbocycles. The fourth-order valence-corrected chi connectivity index (χ4v) is 5.37. The molecular formula is C26H21N4O6+. The molecule has 0 amide bonds. The highest BCUT2D eigenvalue weighted by molar-refractivity contribution is 5.91. The summed E-state index contributed by atoms with van der Waals surface area (Å²) in [5.41, 5.74) is 2.23. The molecule has 0 spiro atoms. The summed E-state index contributed by atoms with van der Waals surface area (Å²) in [5.74, 6) is 0.521. The molecule has 0 radical (unpaired) electrons. The van der Waals surface area contributed by atoms with Gasteiger partial charge in [-0.15, -0.1) is 0 Å². The molecule has 3 aromatic heterocycles. The summed E-state index contributed by atoms with van der Waals surface area (Å²) in [6.07, 6.45) is 7.28. The van der Waals surface area contributed by atoms with E-state index in [1.165, 1.54) is 0 Å². The Balaban J connectivity index is 1.51. The number of rotatable bonds is 3. The van der Waals surface area contributed by atoms with Crippen molar-refractivity contribution >= 4 is 16.9 Å². The summed E-state index contributed by atoms with van der Waals surface area (Å²) in [6.45, 7) is 2.51. The van der Waals surface area contributed by atoms with E-state index < -0.39 is 11.6 Å². The number of cyclic esters (lactones) is 1. The van der Waals surface area contributed by atoms with Crippen molar-refractivity contribution in [1.29, 1.82) is 0 Å². The molecule has 0 fully saturated rings. The van der Waals surface area contributed by atoms with Crippen LogP contribution < -0.4 is 19.6 Å². The standard InChI is InChI=1S/C26H21N4O6/c1-2-26(33)18-8-20-23-16(11-30(20)24(31)17(18)12-34-25(26)32)15(10-29-5-3-27-4-6-29)14-7-21-22(36-13-35-21)9-19(14)28-23/h3-9,33H,2,10-13H2,1H3/q+1/t26-/m0/s1. The van der Waals surface area contributed by atoms with Gasteiger partial charge in [0, 0.05) is 28.1 Å². The van der Waals surface area contributed by atoms with Gasteiger partial charge in [-0.1, -0.05) is 6.92 Å². The van der Waals surface area contributed by atoms with Crippen molar-refractivity contribution < 1.29 is 28.7 Å². The second-order valence-corrected chi connectivity index (χ2v) is 9.16. The highest BCUT2D eigenvalue weighted by Crippen LogP contribution is 2.43. The van der Waals surface area contributed by atoms with Crippen LogP contribution in [-0.4, -0.2) is 32.4 Å². The van der Waals surface area contributed by atoms with Gasteiger partial charge in [0.15, 0.2) is 36.0 Å². The molecule has 0 bridgehead atoms. The molecule has 6 heterocycles. The maximum atomic E-state index is 13.6. The molecule has 0 unspecified atom stereocenters. The second kappa shape index (κ2) is 7.34. The second-order valence-electron chi connectivity index (χ2n) is 9.16. The van der Waals surface area contributed by atoms with E-state index in [2.05, 4.69) is 4.98 Å².